The third-order valence-electron chi connectivity index (χ3n) is 3.96. The fourth-order valence-electron chi connectivity index (χ4n) is 2.68. The van der Waals surface area contributed by atoms with Gasteiger partial charge in [0.1, 0.15) is 6.20 Å². The molecule has 0 atom stereocenters. The Kier molecular flexibility index (Phi) is 5.47. The number of hydrogen-bond acceptors (Lipinski definition) is 8. The van der Waals surface area contributed by atoms with Crippen LogP contribution >= 0.6 is 0 Å². The van der Waals surface area contributed by atoms with Gasteiger partial charge >= 0.3 is 5.69 Å². The lowest BCUT2D eigenvalue weighted by Gasteiger charge is -2.09. The van der Waals surface area contributed by atoms with Crippen LogP contribution in [0.3, 0.4) is 0 Å². The summed E-state index contributed by atoms with van der Waals surface area (Å²) < 4.78 is 28.5. The lowest BCUT2D eigenvalue weighted by molar-refractivity contribution is -0.385. The first-order valence-corrected chi connectivity index (χ1v) is 9.98. The number of carbonyl (C=O) groups excluding carboxylic acids is 1. The molecule has 2 aromatic heterocycles. The van der Waals surface area contributed by atoms with Crippen LogP contribution in [0, 0.1) is 24.0 Å². The zero-order valence-corrected chi connectivity index (χ0v) is 17.0. The molecule has 156 valence electrons. The standard InChI is InChI=1S/C17H17N7O5S/c1-10-8-11(2)20-17(19-10)22-30(28,29)13-6-4-12(5-7-13)21-16(25)15-14(24(26)27)9-18-23(15)3/h4-9H,1-3H3,(H,21,25)(H,19,20,22). The molecular formula is C17H17N7O5S. The lowest BCUT2D eigenvalue weighted by Crippen LogP contribution is -2.18. The summed E-state index contributed by atoms with van der Waals surface area (Å²) in [6, 6.07) is 6.98. The number of anilines is 2. The number of hydrogen-bond donors (Lipinski definition) is 2. The summed E-state index contributed by atoms with van der Waals surface area (Å²) in [7, 11) is -2.55. The van der Waals surface area contributed by atoms with Gasteiger partial charge in [-0.15, -0.1) is 0 Å². The van der Waals surface area contributed by atoms with Gasteiger partial charge in [-0.25, -0.2) is 23.1 Å². The number of rotatable bonds is 6. The van der Waals surface area contributed by atoms with Gasteiger partial charge in [-0.3, -0.25) is 19.6 Å². The van der Waals surface area contributed by atoms with Crippen molar-refractivity contribution in [3.63, 3.8) is 0 Å². The minimum atomic E-state index is -3.95. The van der Waals surface area contributed by atoms with E-state index in [4.69, 9.17) is 0 Å². The van der Waals surface area contributed by atoms with Crippen molar-refractivity contribution in [1.82, 2.24) is 19.7 Å². The molecule has 0 spiro atoms. The lowest BCUT2D eigenvalue weighted by atomic mass is 10.3. The van der Waals surface area contributed by atoms with Gasteiger partial charge in [0.05, 0.1) is 9.82 Å². The number of nitro groups is 1. The molecule has 0 aliphatic heterocycles. The molecule has 3 aromatic rings. The average molecular weight is 431 g/mol. The number of aromatic nitrogens is 4. The SMILES string of the molecule is Cc1cc(C)nc(NS(=O)(=O)c2ccc(NC(=O)c3c([N+](=O)[O-])cnn3C)cc2)n1. The van der Waals surface area contributed by atoms with E-state index >= 15 is 0 Å². The smallest absolute Gasteiger partial charge is 0.320 e. The van der Waals surface area contributed by atoms with Gasteiger partial charge in [-0.2, -0.15) is 5.10 Å². The highest BCUT2D eigenvalue weighted by atomic mass is 32.2. The van der Waals surface area contributed by atoms with Crippen LogP contribution in [0.25, 0.3) is 0 Å². The van der Waals surface area contributed by atoms with Crippen LogP contribution in [-0.2, 0) is 17.1 Å². The summed E-state index contributed by atoms with van der Waals surface area (Å²) in [6.45, 7) is 3.44. The molecule has 0 saturated heterocycles. The Morgan fingerprint density at radius 1 is 1.13 bits per heavy atom. The van der Waals surface area contributed by atoms with Crippen LogP contribution in [0.4, 0.5) is 17.3 Å². The van der Waals surface area contributed by atoms with Crippen molar-refractivity contribution in [3.8, 4) is 0 Å². The van der Waals surface area contributed by atoms with Crippen LogP contribution in [0.5, 0.6) is 0 Å². The van der Waals surface area contributed by atoms with E-state index in [9.17, 15) is 23.3 Å². The number of carbonyl (C=O) groups is 1. The summed E-state index contributed by atoms with van der Waals surface area (Å²) in [5.74, 6) is -0.799. The van der Waals surface area contributed by atoms with Crippen molar-refractivity contribution in [2.45, 2.75) is 18.7 Å². The zero-order chi connectivity index (χ0) is 22.1. The minimum Gasteiger partial charge on any atom is -0.320 e. The molecule has 1 aromatic carbocycles. The minimum absolute atomic E-state index is 0.0478. The number of aryl methyl sites for hydroxylation is 3. The van der Waals surface area contributed by atoms with Gasteiger partial charge in [-0.1, -0.05) is 0 Å². The molecule has 12 nitrogen and oxygen atoms in total. The highest BCUT2D eigenvalue weighted by molar-refractivity contribution is 7.92. The molecule has 2 heterocycles. The van der Waals surface area contributed by atoms with E-state index in [0.29, 0.717) is 11.4 Å². The number of amides is 1. The average Bonchev–Trinajstić information content (AvgIpc) is 3.03. The Morgan fingerprint density at radius 2 is 1.73 bits per heavy atom. The summed E-state index contributed by atoms with van der Waals surface area (Å²) in [4.78, 5) is 30.7. The molecule has 30 heavy (non-hydrogen) atoms. The molecule has 0 aliphatic rings. The Bertz CT molecular complexity index is 1220. The molecule has 13 heteroatoms. The molecule has 3 rings (SSSR count). The third-order valence-corrected chi connectivity index (χ3v) is 5.31. The molecule has 0 aliphatic carbocycles. The van der Waals surface area contributed by atoms with E-state index in [2.05, 4.69) is 25.1 Å². The van der Waals surface area contributed by atoms with Crippen LogP contribution in [0.1, 0.15) is 21.9 Å². The van der Waals surface area contributed by atoms with Crippen LogP contribution in [0.2, 0.25) is 0 Å². The molecule has 0 unspecified atom stereocenters. The molecule has 0 fully saturated rings. The fourth-order valence-corrected chi connectivity index (χ4v) is 3.63. The fraction of sp³-hybridized carbons (Fsp3) is 0.176. The topological polar surface area (TPSA) is 162 Å². The number of sulfonamides is 1. The van der Waals surface area contributed by atoms with E-state index in [-0.39, 0.29) is 22.2 Å². The van der Waals surface area contributed by atoms with E-state index in [0.717, 1.165) is 10.9 Å². The van der Waals surface area contributed by atoms with Gasteiger partial charge in [-0.05, 0) is 44.2 Å². The van der Waals surface area contributed by atoms with Crippen molar-refractivity contribution in [3.05, 3.63) is 63.7 Å². The predicted octanol–water partition coefficient (Wildman–Crippen LogP) is 1.79. The molecule has 1 amide bonds. The van der Waals surface area contributed by atoms with Crippen LogP contribution in [0.15, 0.2) is 41.4 Å². The van der Waals surface area contributed by atoms with Gasteiger partial charge in [0.25, 0.3) is 15.9 Å². The monoisotopic (exact) mass is 431 g/mol. The predicted molar refractivity (Wildman–Crippen MR) is 107 cm³/mol. The molecular weight excluding hydrogens is 414 g/mol. The number of nitrogens with zero attached hydrogens (tertiary/aromatic N) is 5. The van der Waals surface area contributed by atoms with E-state index in [1.165, 1.54) is 31.3 Å². The van der Waals surface area contributed by atoms with Crippen molar-refractivity contribution in [1.29, 1.82) is 0 Å². The Hall–Kier alpha value is -3.87. The summed E-state index contributed by atoms with van der Waals surface area (Å²) in [6.07, 6.45) is 0.978. The normalized spacial score (nSPS) is 11.2. The zero-order valence-electron chi connectivity index (χ0n) is 16.1. The van der Waals surface area contributed by atoms with E-state index in [1.807, 2.05) is 0 Å². The first-order chi connectivity index (χ1) is 14.1. The maximum atomic E-state index is 12.5. The molecule has 2 N–H and O–H groups in total. The van der Waals surface area contributed by atoms with Gasteiger partial charge in [0.2, 0.25) is 11.6 Å². The quantitative estimate of drug-likeness (QED) is 0.441. The second-order valence-corrected chi connectivity index (χ2v) is 8.00. The Labute approximate surface area is 171 Å². The summed E-state index contributed by atoms with van der Waals surface area (Å²) >= 11 is 0. The van der Waals surface area contributed by atoms with Crippen LogP contribution < -0.4 is 10.0 Å². The first-order valence-electron chi connectivity index (χ1n) is 8.50. The number of nitrogens with one attached hydrogen (secondary N) is 2. The highest BCUT2D eigenvalue weighted by Gasteiger charge is 2.25. The maximum Gasteiger partial charge on any atom is 0.320 e. The van der Waals surface area contributed by atoms with Crippen molar-refractivity contribution < 1.29 is 18.1 Å². The number of benzene rings is 1. The summed E-state index contributed by atoms with van der Waals surface area (Å²) in [5, 5.41) is 17.2. The second kappa shape index (κ2) is 7.87. The third kappa shape index (κ3) is 4.41. The van der Waals surface area contributed by atoms with Crippen molar-refractivity contribution >= 4 is 33.3 Å². The van der Waals surface area contributed by atoms with E-state index < -0.39 is 26.5 Å². The van der Waals surface area contributed by atoms with Crippen molar-refractivity contribution in [2.75, 3.05) is 10.0 Å². The maximum absolute atomic E-state index is 12.5. The molecule has 0 saturated carbocycles. The Balaban J connectivity index is 1.78. The molecule has 0 bridgehead atoms. The highest BCUT2D eigenvalue weighted by Crippen LogP contribution is 2.20. The first kappa shape index (κ1) is 20.9. The summed E-state index contributed by atoms with van der Waals surface area (Å²) in [5.41, 5.74) is 0.805. The molecule has 0 radical (unpaired) electrons. The van der Waals surface area contributed by atoms with Gasteiger partial charge in [0, 0.05) is 24.1 Å². The van der Waals surface area contributed by atoms with Gasteiger partial charge in [0.15, 0.2) is 0 Å². The largest absolute Gasteiger partial charge is 0.320 e. The van der Waals surface area contributed by atoms with Crippen molar-refractivity contribution in [2.24, 2.45) is 7.05 Å². The van der Waals surface area contributed by atoms with E-state index in [1.54, 1.807) is 19.9 Å². The van der Waals surface area contributed by atoms with Gasteiger partial charge < -0.3 is 5.32 Å². The second-order valence-electron chi connectivity index (χ2n) is 6.32. The Morgan fingerprint density at radius 3 is 2.30 bits per heavy atom. The van der Waals surface area contributed by atoms with Crippen LogP contribution in [-0.4, -0.2) is 39.0 Å².